The fraction of sp³-hybridized carbons (Fsp3) is 0.667. The molecule has 0 aliphatic carbocycles. The molecule has 2 nitrogen and oxygen atoms in total. The van der Waals surface area contributed by atoms with Crippen LogP contribution < -0.4 is 0 Å². The molecule has 1 rings (SSSR count). The largest absolute Gasteiger partial charge is 0.270 e. The summed E-state index contributed by atoms with van der Waals surface area (Å²) >= 11 is 5.49. The average molecular weight is 263 g/mol. The Bertz CT molecular complexity index is 294. The molecular weight excluding hydrogens is 248 g/mol. The summed E-state index contributed by atoms with van der Waals surface area (Å²) in [6.07, 6.45) is 0. The molecule has 0 fully saturated rings. The molecule has 0 amide bonds. The number of aromatic nitrogens is 2. The molecule has 0 bridgehead atoms. The molecule has 0 unspecified atom stereocenters. The lowest BCUT2D eigenvalue weighted by Gasteiger charge is -2.05. The summed E-state index contributed by atoms with van der Waals surface area (Å²) in [5.41, 5.74) is 2.35. The van der Waals surface area contributed by atoms with E-state index < -0.39 is 0 Å². The van der Waals surface area contributed by atoms with Gasteiger partial charge in [0, 0.05) is 12.8 Å². The fourth-order valence-electron chi connectivity index (χ4n) is 1.08. The van der Waals surface area contributed by atoms with Crippen LogP contribution in [0.2, 0.25) is 0 Å². The van der Waals surface area contributed by atoms with Crippen molar-refractivity contribution in [1.82, 2.24) is 9.78 Å². The topological polar surface area (TPSA) is 17.8 Å². The molecule has 0 spiro atoms. The third-order valence-corrected chi connectivity index (χ3v) is 3.95. The van der Waals surface area contributed by atoms with Gasteiger partial charge in [-0.25, -0.2) is 0 Å². The first-order valence-corrected chi connectivity index (χ1v) is 6.16. The molecule has 13 heavy (non-hydrogen) atoms. The normalized spacial score (nSPS) is 11.2. The van der Waals surface area contributed by atoms with E-state index in [1.807, 2.05) is 30.4 Å². The van der Waals surface area contributed by atoms with Gasteiger partial charge in [-0.1, -0.05) is 13.8 Å². The number of hydrogen-bond donors (Lipinski definition) is 0. The van der Waals surface area contributed by atoms with Crippen molar-refractivity contribution in [2.45, 2.75) is 31.8 Å². The third kappa shape index (κ3) is 2.74. The van der Waals surface area contributed by atoms with E-state index in [0.29, 0.717) is 5.25 Å². The molecule has 74 valence electrons. The van der Waals surface area contributed by atoms with Crippen molar-refractivity contribution in [3.8, 4) is 0 Å². The van der Waals surface area contributed by atoms with Crippen LogP contribution in [0.1, 0.15) is 25.2 Å². The Hall–Kier alpha value is 0.0400. The fourth-order valence-corrected chi connectivity index (χ4v) is 2.57. The molecule has 0 atom stereocenters. The van der Waals surface area contributed by atoms with Gasteiger partial charge in [0.2, 0.25) is 0 Å². The van der Waals surface area contributed by atoms with Crippen LogP contribution in [0, 0.1) is 6.92 Å². The van der Waals surface area contributed by atoms with Crippen molar-refractivity contribution < 1.29 is 0 Å². The number of nitrogens with zero attached hydrogens (tertiary/aromatic N) is 2. The van der Waals surface area contributed by atoms with Crippen molar-refractivity contribution in [3.05, 3.63) is 15.9 Å². The van der Waals surface area contributed by atoms with Crippen LogP contribution in [0.4, 0.5) is 0 Å². The van der Waals surface area contributed by atoms with Gasteiger partial charge in [0.05, 0.1) is 15.9 Å². The maximum Gasteiger partial charge on any atom is 0.0738 e. The summed E-state index contributed by atoms with van der Waals surface area (Å²) in [5.74, 6) is 1.02. The molecule has 1 heterocycles. The van der Waals surface area contributed by atoms with Crippen molar-refractivity contribution in [2.75, 3.05) is 0 Å². The standard InChI is InChI=1S/C9H15BrN2S/c1-6(2)13-5-8-9(10)7(3)11-12(8)4/h6H,5H2,1-4H3. The van der Waals surface area contributed by atoms with Crippen LogP contribution in [0.5, 0.6) is 0 Å². The lowest BCUT2D eigenvalue weighted by atomic mass is 10.4. The highest BCUT2D eigenvalue weighted by Crippen LogP contribution is 2.25. The van der Waals surface area contributed by atoms with Crippen molar-refractivity contribution in [1.29, 1.82) is 0 Å². The van der Waals surface area contributed by atoms with Crippen LogP contribution in [-0.2, 0) is 12.8 Å². The Labute approximate surface area is 92.2 Å². The highest BCUT2D eigenvalue weighted by Gasteiger charge is 2.10. The van der Waals surface area contributed by atoms with Gasteiger partial charge >= 0.3 is 0 Å². The summed E-state index contributed by atoms with van der Waals surface area (Å²) in [7, 11) is 1.99. The smallest absolute Gasteiger partial charge is 0.0738 e. The second-order valence-corrected chi connectivity index (χ2v) is 5.69. The maximum atomic E-state index is 4.35. The van der Waals surface area contributed by atoms with Gasteiger partial charge in [0.1, 0.15) is 0 Å². The monoisotopic (exact) mass is 262 g/mol. The molecule has 4 heteroatoms. The number of aryl methyl sites for hydroxylation is 2. The van der Waals surface area contributed by atoms with Crippen LogP contribution in [0.3, 0.4) is 0 Å². The Balaban J connectivity index is 2.76. The molecule has 0 aliphatic heterocycles. The van der Waals surface area contributed by atoms with E-state index in [4.69, 9.17) is 0 Å². The number of rotatable bonds is 3. The lowest BCUT2D eigenvalue weighted by Crippen LogP contribution is -1.98. The van der Waals surface area contributed by atoms with E-state index >= 15 is 0 Å². The quantitative estimate of drug-likeness (QED) is 0.833. The Kier molecular flexibility index (Phi) is 3.86. The summed E-state index contributed by atoms with van der Waals surface area (Å²) in [6.45, 7) is 6.44. The minimum absolute atomic E-state index is 0.669. The van der Waals surface area contributed by atoms with E-state index in [1.54, 1.807) is 0 Å². The molecule has 0 aliphatic rings. The predicted octanol–water partition coefficient (Wildman–Crippen LogP) is 3.13. The number of halogens is 1. The van der Waals surface area contributed by atoms with E-state index in [9.17, 15) is 0 Å². The first-order valence-electron chi connectivity index (χ1n) is 4.32. The summed E-state index contributed by atoms with van der Waals surface area (Å²) in [5, 5.41) is 5.01. The average Bonchev–Trinajstić information content (AvgIpc) is 2.24. The first-order chi connectivity index (χ1) is 6.02. The molecule has 0 radical (unpaired) electrons. The van der Waals surface area contributed by atoms with Gasteiger partial charge < -0.3 is 0 Å². The summed E-state index contributed by atoms with van der Waals surface area (Å²) in [6, 6.07) is 0. The Morgan fingerprint density at radius 3 is 2.54 bits per heavy atom. The third-order valence-electron chi connectivity index (χ3n) is 1.82. The predicted molar refractivity (Wildman–Crippen MR) is 62.1 cm³/mol. The zero-order valence-electron chi connectivity index (χ0n) is 8.47. The molecule has 1 aromatic heterocycles. The Morgan fingerprint density at radius 2 is 2.15 bits per heavy atom. The first kappa shape index (κ1) is 11.1. The number of hydrogen-bond acceptors (Lipinski definition) is 2. The highest BCUT2D eigenvalue weighted by atomic mass is 79.9. The van der Waals surface area contributed by atoms with Gasteiger partial charge in [0.15, 0.2) is 0 Å². The van der Waals surface area contributed by atoms with Crippen molar-refractivity contribution in [2.24, 2.45) is 7.05 Å². The highest BCUT2D eigenvalue weighted by molar-refractivity contribution is 9.10. The molecule has 0 N–H and O–H groups in total. The van der Waals surface area contributed by atoms with Crippen molar-refractivity contribution in [3.63, 3.8) is 0 Å². The molecule has 0 saturated heterocycles. The van der Waals surface area contributed by atoms with Gasteiger partial charge in [-0.05, 0) is 28.1 Å². The van der Waals surface area contributed by atoms with E-state index in [-0.39, 0.29) is 0 Å². The van der Waals surface area contributed by atoms with Crippen LogP contribution in [0.15, 0.2) is 4.47 Å². The maximum absolute atomic E-state index is 4.35. The minimum Gasteiger partial charge on any atom is -0.270 e. The van der Waals surface area contributed by atoms with E-state index in [2.05, 4.69) is 34.9 Å². The molecule has 0 saturated carbocycles. The summed E-state index contributed by atoms with van der Waals surface area (Å²) < 4.78 is 3.11. The second kappa shape index (κ2) is 4.51. The van der Waals surface area contributed by atoms with Gasteiger partial charge in [-0.2, -0.15) is 16.9 Å². The van der Waals surface area contributed by atoms with Gasteiger partial charge in [-0.3, -0.25) is 4.68 Å². The SMILES string of the molecule is Cc1nn(C)c(CSC(C)C)c1Br. The van der Waals surface area contributed by atoms with Crippen molar-refractivity contribution >= 4 is 27.7 Å². The molecule has 1 aromatic rings. The van der Waals surface area contributed by atoms with Crippen LogP contribution >= 0.6 is 27.7 Å². The van der Waals surface area contributed by atoms with E-state index in [0.717, 1.165) is 15.9 Å². The minimum atomic E-state index is 0.669. The molecular formula is C9H15BrN2S. The van der Waals surface area contributed by atoms with Gasteiger partial charge in [-0.15, -0.1) is 0 Å². The Morgan fingerprint density at radius 1 is 1.54 bits per heavy atom. The van der Waals surface area contributed by atoms with Crippen LogP contribution in [-0.4, -0.2) is 15.0 Å². The van der Waals surface area contributed by atoms with E-state index in [1.165, 1.54) is 5.69 Å². The zero-order chi connectivity index (χ0) is 10.0. The zero-order valence-corrected chi connectivity index (χ0v) is 10.9. The molecule has 0 aromatic carbocycles. The van der Waals surface area contributed by atoms with Crippen LogP contribution in [0.25, 0.3) is 0 Å². The van der Waals surface area contributed by atoms with Gasteiger partial charge in [0.25, 0.3) is 0 Å². The second-order valence-electron chi connectivity index (χ2n) is 3.33. The number of thioether (sulfide) groups is 1. The lowest BCUT2D eigenvalue weighted by molar-refractivity contribution is 0.727. The summed E-state index contributed by atoms with van der Waals surface area (Å²) in [4.78, 5) is 0.